The van der Waals surface area contributed by atoms with Gasteiger partial charge in [0.25, 0.3) is 5.72 Å². The fourth-order valence-corrected chi connectivity index (χ4v) is 1.23. The van der Waals surface area contributed by atoms with Gasteiger partial charge in [0.15, 0.2) is 0 Å². The van der Waals surface area contributed by atoms with Crippen LogP contribution in [0.15, 0.2) is 0 Å². The lowest BCUT2D eigenvalue weighted by atomic mass is 9.97. The molecule has 1 aliphatic rings. The summed E-state index contributed by atoms with van der Waals surface area (Å²) in [4.78, 5) is 10.5. The molecule has 4 N–H and O–H groups in total. The van der Waals surface area contributed by atoms with E-state index in [9.17, 15) is 9.90 Å². The Morgan fingerprint density at radius 3 is 2.50 bits per heavy atom. The molecule has 0 aromatic heterocycles. The Bertz CT molecular complexity index is 184. The Morgan fingerprint density at radius 1 is 1.58 bits per heavy atom. The van der Waals surface area contributed by atoms with Crippen molar-refractivity contribution >= 4 is 5.97 Å². The van der Waals surface area contributed by atoms with E-state index < -0.39 is 17.8 Å². The molecule has 0 radical (unpaired) electrons. The molecule has 1 rings (SSSR count). The quantitative estimate of drug-likeness (QED) is 0.393. The number of aliphatic hydroxyl groups excluding tert-OH is 1. The summed E-state index contributed by atoms with van der Waals surface area (Å²) in [6.07, 6.45) is -0.832. The van der Waals surface area contributed by atoms with Crippen molar-refractivity contribution in [2.75, 3.05) is 6.54 Å². The van der Waals surface area contributed by atoms with E-state index >= 15 is 0 Å². The summed E-state index contributed by atoms with van der Waals surface area (Å²) in [7, 11) is 0. The Morgan fingerprint density at radius 2 is 2.17 bits per heavy atom. The van der Waals surface area contributed by atoms with Crippen LogP contribution in [0.5, 0.6) is 0 Å². The van der Waals surface area contributed by atoms with Crippen LogP contribution in [0, 0.1) is 0 Å². The van der Waals surface area contributed by atoms with Gasteiger partial charge in [0.05, 0.1) is 0 Å². The predicted molar refractivity (Wildman–Crippen MR) is 36.3 cm³/mol. The molecule has 70 valence electrons. The molecule has 0 bridgehead atoms. The molecular formula is C6H11NO5. The summed E-state index contributed by atoms with van der Waals surface area (Å²) >= 11 is 0. The third kappa shape index (κ3) is 1.18. The Balaban J connectivity index is 2.87. The molecule has 0 aromatic rings. The standard InChI is InChI=1S/C6H11NO5/c8-4-2-1-3-7(12)6(4,11)5(9)10/h4,8,11-12H,1-3H2,(H,9,10). The van der Waals surface area contributed by atoms with Gasteiger partial charge in [0, 0.05) is 6.54 Å². The zero-order valence-corrected chi connectivity index (χ0v) is 6.34. The van der Waals surface area contributed by atoms with Crippen LogP contribution >= 0.6 is 0 Å². The summed E-state index contributed by atoms with van der Waals surface area (Å²) in [5.41, 5.74) is -2.54. The van der Waals surface area contributed by atoms with Gasteiger partial charge in [-0.05, 0) is 12.8 Å². The van der Waals surface area contributed by atoms with Gasteiger partial charge in [-0.3, -0.25) is 0 Å². The van der Waals surface area contributed by atoms with Crippen molar-refractivity contribution in [3.8, 4) is 0 Å². The van der Waals surface area contributed by atoms with Crippen LogP contribution in [-0.2, 0) is 4.79 Å². The number of aliphatic carboxylic acids is 1. The molecular weight excluding hydrogens is 166 g/mol. The van der Waals surface area contributed by atoms with Crippen LogP contribution in [0.3, 0.4) is 0 Å². The summed E-state index contributed by atoms with van der Waals surface area (Å²) in [5.74, 6) is -1.64. The van der Waals surface area contributed by atoms with Crippen LogP contribution in [-0.4, -0.2) is 49.9 Å². The van der Waals surface area contributed by atoms with Crippen molar-refractivity contribution in [2.24, 2.45) is 0 Å². The number of hydroxylamine groups is 2. The highest BCUT2D eigenvalue weighted by molar-refractivity contribution is 5.77. The highest BCUT2D eigenvalue weighted by Crippen LogP contribution is 2.24. The first-order valence-electron chi connectivity index (χ1n) is 3.60. The first kappa shape index (κ1) is 9.40. The third-order valence-electron chi connectivity index (χ3n) is 2.02. The lowest BCUT2D eigenvalue weighted by Crippen LogP contribution is -2.63. The molecule has 2 atom stereocenters. The Hall–Kier alpha value is -0.690. The molecule has 12 heavy (non-hydrogen) atoms. The first-order chi connectivity index (χ1) is 5.49. The zero-order chi connectivity index (χ0) is 9.35. The van der Waals surface area contributed by atoms with Crippen molar-refractivity contribution in [3.05, 3.63) is 0 Å². The molecule has 1 fully saturated rings. The third-order valence-corrected chi connectivity index (χ3v) is 2.02. The second-order valence-electron chi connectivity index (χ2n) is 2.81. The van der Waals surface area contributed by atoms with Crippen LogP contribution < -0.4 is 0 Å². The Kier molecular flexibility index (Phi) is 2.34. The van der Waals surface area contributed by atoms with Crippen molar-refractivity contribution in [1.82, 2.24) is 5.06 Å². The average Bonchev–Trinajstić information content (AvgIpc) is 1.99. The monoisotopic (exact) mass is 177 g/mol. The molecule has 1 saturated heterocycles. The normalized spacial score (nSPS) is 38.1. The second kappa shape index (κ2) is 2.98. The largest absolute Gasteiger partial charge is 0.478 e. The minimum Gasteiger partial charge on any atom is -0.478 e. The SMILES string of the molecule is O=C(O)C1(O)C(O)CCCN1O. The Labute approximate surface area is 68.6 Å². The van der Waals surface area contributed by atoms with Crippen LogP contribution in [0.25, 0.3) is 0 Å². The second-order valence-corrected chi connectivity index (χ2v) is 2.81. The van der Waals surface area contributed by atoms with Crippen molar-refractivity contribution in [1.29, 1.82) is 0 Å². The fourth-order valence-electron chi connectivity index (χ4n) is 1.23. The van der Waals surface area contributed by atoms with Gasteiger partial charge in [-0.1, -0.05) is 0 Å². The van der Waals surface area contributed by atoms with Crippen LogP contribution in [0.2, 0.25) is 0 Å². The molecule has 0 amide bonds. The van der Waals surface area contributed by atoms with Gasteiger partial charge in [0.2, 0.25) is 0 Å². The highest BCUT2D eigenvalue weighted by atomic mass is 16.6. The summed E-state index contributed by atoms with van der Waals surface area (Å²) in [5, 5.41) is 36.2. The summed E-state index contributed by atoms with van der Waals surface area (Å²) < 4.78 is 0. The summed E-state index contributed by atoms with van der Waals surface area (Å²) in [6, 6.07) is 0. The van der Waals surface area contributed by atoms with Gasteiger partial charge in [-0.25, -0.2) is 4.79 Å². The summed E-state index contributed by atoms with van der Waals surface area (Å²) in [6.45, 7) is 0.0415. The number of carboxylic acids is 1. The fraction of sp³-hybridized carbons (Fsp3) is 0.833. The number of carboxylic acid groups (broad SMARTS) is 1. The molecule has 1 aliphatic heterocycles. The van der Waals surface area contributed by atoms with E-state index in [1.54, 1.807) is 0 Å². The van der Waals surface area contributed by atoms with E-state index in [0.29, 0.717) is 6.42 Å². The lowest BCUT2D eigenvalue weighted by molar-refractivity contribution is -0.303. The van der Waals surface area contributed by atoms with E-state index in [0.717, 1.165) is 0 Å². The molecule has 6 heteroatoms. The topological polar surface area (TPSA) is 101 Å². The van der Waals surface area contributed by atoms with Crippen molar-refractivity contribution in [2.45, 2.75) is 24.7 Å². The maximum absolute atomic E-state index is 10.5. The number of piperidine rings is 1. The number of carbonyl (C=O) groups is 1. The molecule has 2 unspecified atom stereocenters. The number of rotatable bonds is 1. The van der Waals surface area contributed by atoms with E-state index in [-0.39, 0.29) is 18.0 Å². The van der Waals surface area contributed by atoms with E-state index in [2.05, 4.69) is 0 Å². The predicted octanol–water partition coefficient (Wildman–Crippen LogP) is -1.39. The zero-order valence-electron chi connectivity index (χ0n) is 6.34. The molecule has 1 heterocycles. The molecule has 0 saturated carbocycles. The van der Waals surface area contributed by atoms with Crippen LogP contribution in [0.1, 0.15) is 12.8 Å². The minimum atomic E-state index is -2.54. The molecule has 0 aliphatic carbocycles. The maximum atomic E-state index is 10.5. The minimum absolute atomic E-state index is 0.0415. The van der Waals surface area contributed by atoms with Gasteiger partial charge in [-0.15, -0.1) is 5.06 Å². The van der Waals surface area contributed by atoms with E-state index in [4.69, 9.17) is 15.4 Å². The van der Waals surface area contributed by atoms with Gasteiger partial charge >= 0.3 is 5.97 Å². The van der Waals surface area contributed by atoms with Gasteiger partial charge in [-0.2, -0.15) is 0 Å². The highest BCUT2D eigenvalue weighted by Gasteiger charge is 2.51. The number of aliphatic hydroxyl groups is 2. The van der Waals surface area contributed by atoms with E-state index in [1.165, 1.54) is 0 Å². The van der Waals surface area contributed by atoms with Crippen molar-refractivity contribution in [3.63, 3.8) is 0 Å². The smallest absolute Gasteiger partial charge is 0.356 e. The van der Waals surface area contributed by atoms with Crippen molar-refractivity contribution < 1.29 is 25.3 Å². The number of hydrogen-bond donors (Lipinski definition) is 4. The molecule has 6 nitrogen and oxygen atoms in total. The maximum Gasteiger partial charge on any atom is 0.356 e. The van der Waals surface area contributed by atoms with Gasteiger partial charge in [0.1, 0.15) is 6.10 Å². The average molecular weight is 177 g/mol. The lowest BCUT2D eigenvalue weighted by Gasteiger charge is -2.38. The van der Waals surface area contributed by atoms with Crippen LogP contribution in [0.4, 0.5) is 0 Å². The molecule has 0 aromatic carbocycles. The number of hydrogen-bond acceptors (Lipinski definition) is 5. The molecule has 0 spiro atoms. The van der Waals surface area contributed by atoms with E-state index in [1.807, 2.05) is 0 Å². The van der Waals surface area contributed by atoms with Gasteiger partial charge < -0.3 is 20.5 Å². The first-order valence-corrected chi connectivity index (χ1v) is 3.60. The number of nitrogens with zero attached hydrogens (tertiary/aromatic N) is 1.